The summed E-state index contributed by atoms with van der Waals surface area (Å²) in [4.78, 5) is 29.8. The predicted octanol–water partition coefficient (Wildman–Crippen LogP) is 2.48. The van der Waals surface area contributed by atoms with Crippen molar-refractivity contribution in [1.82, 2.24) is 9.36 Å². The minimum absolute atomic E-state index is 0.278. The van der Waals surface area contributed by atoms with Gasteiger partial charge < -0.3 is 9.47 Å². The minimum Gasteiger partial charge on any atom is -0.459 e. The van der Waals surface area contributed by atoms with Crippen molar-refractivity contribution in [1.29, 1.82) is 0 Å². The van der Waals surface area contributed by atoms with Crippen molar-refractivity contribution in [2.45, 2.75) is 45.8 Å². The third-order valence-corrected chi connectivity index (χ3v) is 5.19. The Morgan fingerprint density at radius 3 is 2.54 bits per heavy atom. The normalized spacial score (nSPS) is 17.3. The molecule has 1 saturated heterocycles. The van der Waals surface area contributed by atoms with Gasteiger partial charge in [0, 0.05) is 18.6 Å². The Bertz CT molecular complexity index is 592. The lowest BCUT2D eigenvalue weighted by molar-refractivity contribution is -0.170. The van der Waals surface area contributed by atoms with Gasteiger partial charge in [-0.15, -0.1) is 0 Å². The van der Waals surface area contributed by atoms with Crippen molar-refractivity contribution >= 4 is 40.3 Å². The summed E-state index contributed by atoms with van der Waals surface area (Å²) in [6.45, 7) is 5.68. The van der Waals surface area contributed by atoms with E-state index in [0.717, 1.165) is 23.0 Å². The number of aromatic nitrogens is 2. The molecular formula is C15H23N3O4S2. The van der Waals surface area contributed by atoms with Gasteiger partial charge in [0.05, 0.1) is 0 Å². The first kappa shape index (κ1) is 19.1. The highest BCUT2D eigenvalue weighted by molar-refractivity contribution is 7.99. The van der Waals surface area contributed by atoms with Crippen molar-refractivity contribution < 1.29 is 19.1 Å². The summed E-state index contributed by atoms with van der Waals surface area (Å²) in [5, 5.41) is 3.11. The second-order valence-corrected chi connectivity index (χ2v) is 8.58. The SMILES string of the molecule is COCc1nsc(NC(=O)C2(C(=O)OC(C)(C)C)CCSCC2)n1. The summed E-state index contributed by atoms with van der Waals surface area (Å²) in [6.07, 6.45) is 0.921. The Labute approximate surface area is 150 Å². The first-order valence-electron chi connectivity index (χ1n) is 7.71. The number of carbonyl (C=O) groups excluding carboxylic acids is 2. The maximum atomic E-state index is 12.9. The van der Waals surface area contributed by atoms with Gasteiger partial charge in [-0.05, 0) is 45.1 Å². The van der Waals surface area contributed by atoms with E-state index >= 15 is 0 Å². The number of carbonyl (C=O) groups is 2. The van der Waals surface area contributed by atoms with Gasteiger partial charge in [0.1, 0.15) is 17.6 Å². The van der Waals surface area contributed by atoms with E-state index in [0.29, 0.717) is 23.8 Å². The molecule has 134 valence electrons. The standard InChI is InChI=1S/C15H23N3O4S2/c1-14(2,3)22-12(20)15(5-7-23-8-6-15)11(19)17-13-16-10(9-21-4)18-24-13/h5-9H2,1-4H3,(H,16,17,18,19). The van der Waals surface area contributed by atoms with Crippen molar-refractivity contribution in [2.75, 3.05) is 23.9 Å². The molecule has 2 rings (SSSR count). The maximum Gasteiger partial charge on any atom is 0.322 e. The van der Waals surface area contributed by atoms with E-state index in [2.05, 4.69) is 14.7 Å². The molecule has 1 aliphatic rings. The van der Waals surface area contributed by atoms with E-state index < -0.39 is 17.0 Å². The minimum atomic E-state index is -1.16. The number of thioether (sulfide) groups is 1. The summed E-state index contributed by atoms with van der Waals surface area (Å²) in [5.41, 5.74) is -1.80. The lowest BCUT2D eigenvalue weighted by Gasteiger charge is -2.35. The Morgan fingerprint density at radius 1 is 1.29 bits per heavy atom. The average molecular weight is 374 g/mol. The van der Waals surface area contributed by atoms with Gasteiger partial charge in [0.15, 0.2) is 5.82 Å². The number of hydrogen-bond donors (Lipinski definition) is 1. The number of rotatable bonds is 5. The van der Waals surface area contributed by atoms with Gasteiger partial charge in [-0.25, -0.2) is 4.98 Å². The van der Waals surface area contributed by atoms with Crippen LogP contribution in [-0.4, -0.2) is 45.5 Å². The maximum absolute atomic E-state index is 12.9. The van der Waals surface area contributed by atoms with Crippen LogP contribution in [0.3, 0.4) is 0 Å². The number of ether oxygens (including phenoxy) is 2. The third-order valence-electron chi connectivity index (χ3n) is 3.53. The molecule has 1 N–H and O–H groups in total. The highest BCUT2D eigenvalue weighted by atomic mass is 32.2. The third kappa shape index (κ3) is 4.67. The number of anilines is 1. The highest BCUT2D eigenvalue weighted by Crippen LogP contribution is 2.38. The second kappa shape index (κ2) is 7.79. The van der Waals surface area contributed by atoms with E-state index in [9.17, 15) is 9.59 Å². The Morgan fingerprint density at radius 2 is 1.96 bits per heavy atom. The van der Waals surface area contributed by atoms with Crippen LogP contribution >= 0.6 is 23.3 Å². The van der Waals surface area contributed by atoms with E-state index in [1.54, 1.807) is 39.6 Å². The monoisotopic (exact) mass is 373 g/mol. The molecule has 1 amide bonds. The van der Waals surface area contributed by atoms with Crippen LogP contribution in [0.25, 0.3) is 0 Å². The Hall–Kier alpha value is -1.19. The summed E-state index contributed by atoms with van der Waals surface area (Å²) in [5.74, 6) is 1.17. The molecule has 24 heavy (non-hydrogen) atoms. The van der Waals surface area contributed by atoms with Crippen LogP contribution in [0, 0.1) is 5.41 Å². The first-order valence-corrected chi connectivity index (χ1v) is 9.64. The Balaban J connectivity index is 2.16. The lowest BCUT2D eigenvalue weighted by Crippen LogP contribution is -2.48. The quantitative estimate of drug-likeness (QED) is 0.626. The van der Waals surface area contributed by atoms with E-state index in [4.69, 9.17) is 9.47 Å². The summed E-state index contributed by atoms with van der Waals surface area (Å²) in [7, 11) is 1.55. The first-order chi connectivity index (χ1) is 11.3. The molecule has 9 heteroatoms. The van der Waals surface area contributed by atoms with E-state index in [1.807, 2.05) is 0 Å². The topological polar surface area (TPSA) is 90.4 Å². The molecule has 1 aliphatic heterocycles. The number of nitrogens with zero attached hydrogens (tertiary/aromatic N) is 2. The molecule has 1 fully saturated rings. The van der Waals surface area contributed by atoms with E-state index in [-0.39, 0.29) is 12.5 Å². The molecular weight excluding hydrogens is 350 g/mol. The zero-order valence-corrected chi connectivity index (χ0v) is 16.0. The van der Waals surface area contributed by atoms with Crippen LogP contribution in [0.4, 0.5) is 5.13 Å². The fourth-order valence-corrected chi connectivity index (χ4v) is 4.09. The molecule has 0 spiro atoms. The van der Waals surface area contributed by atoms with Crippen LogP contribution in [0.2, 0.25) is 0 Å². The number of amides is 1. The molecule has 1 aromatic heterocycles. The van der Waals surface area contributed by atoms with Crippen LogP contribution < -0.4 is 5.32 Å². The average Bonchev–Trinajstić information content (AvgIpc) is 2.93. The van der Waals surface area contributed by atoms with Crippen LogP contribution in [0.5, 0.6) is 0 Å². The van der Waals surface area contributed by atoms with Crippen LogP contribution in [0.15, 0.2) is 0 Å². The van der Waals surface area contributed by atoms with Crippen LogP contribution in [-0.2, 0) is 25.7 Å². The molecule has 0 saturated carbocycles. The van der Waals surface area contributed by atoms with Crippen molar-refractivity contribution in [2.24, 2.45) is 5.41 Å². The van der Waals surface area contributed by atoms with Crippen molar-refractivity contribution in [3.05, 3.63) is 5.82 Å². The number of methoxy groups -OCH3 is 1. The van der Waals surface area contributed by atoms with Gasteiger partial charge in [0.2, 0.25) is 11.0 Å². The molecule has 2 heterocycles. The predicted molar refractivity (Wildman–Crippen MR) is 94.1 cm³/mol. The zero-order valence-electron chi connectivity index (χ0n) is 14.4. The molecule has 0 radical (unpaired) electrons. The molecule has 0 aromatic carbocycles. The fourth-order valence-electron chi connectivity index (χ4n) is 2.33. The van der Waals surface area contributed by atoms with Crippen LogP contribution in [0.1, 0.15) is 39.4 Å². The van der Waals surface area contributed by atoms with Crippen molar-refractivity contribution in [3.63, 3.8) is 0 Å². The van der Waals surface area contributed by atoms with Crippen molar-refractivity contribution in [3.8, 4) is 0 Å². The fraction of sp³-hybridized carbons (Fsp3) is 0.733. The summed E-state index contributed by atoms with van der Waals surface area (Å²) >= 11 is 2.81. The zero-order chi connectivity index (χ0) is 17.8. The molecule has 0 unspecified atom stereocenters. The lowest BCUT2D eigenvalue weighted by atomic mass is 9.80. The molecule has 1 aromatic rings. The molecule has 0 aliphatic carbocycles. The highest BCUT2D eigenvalue weighted by Gasteiger charge is 2.49. The van der Waals surface area contributed by atoms with Gasteiger partial charge in [-0.1, -0.05) is 0 Å². The van der Waals surface area contributed by atoms with Gasteiger partial charge in [-0.2, -0.15) is 16.1 Å². The number of hydrogen-bond acceptors (Lipinski definition) is 8. The number of esters is 1. The molecule has 0 bridgehead atoms. The number of nitrogens with one attached hydrogen (secondary N) is 1. The van der Waals surface area contributed by atoms with E-state index in [1.165, 1.54) is 0 Å². The Kier molecular flexibility index (Phi) is 6.22. The summed E-state index contributed by atoms with van der Waals surface area (Å²) < 4.78 is 14.6. The van der Waals surface area contributed by atoms with Gasteiger partial charge in [-0.3, -0.25) is 14.9 Å². The molecule has 0 atom stereocenters. The smallest absolute Gasteiger partial charge is 0.322 e. The largest absolute Gasteiger partial charge is 0.459 e. The second-order valence-electron chi connectivity index (χ2n) is 6.60. The molecule has 7 nitrogen and oxygen atoms in total. The van der Waals surface area contributed by atoms with Gasteiger partial charge >= 0.3 is 5.97 Å². The van der Waals surface area contributed by atoms with Gasteiger partial charge in [0.25, 0.3) is 0 Å². The summed E-state index contributed by atoms with van der Waals surface area (Å²) in [6, 6.07) is 0.